The zero-order valence-corrected chi connectivity index (χ0v) is 24.2. The second-order valence-corrected chi connectivity index (χ2v) is 10.8. The predicted molar refractivity (Wildman–Crippen MR) is 155 cm³/mol. The van der Waals surface area contributed by atoms with E-state index in [2.05, 4.69) is 31.9 Å². The molecule has 0 spiro atoms. The number of benzene rings is 3. The van der Waals surface area contributed by atoms with Crippen molar-refractivity contribution < 1.29 is 14.3 Å². The molecule has 5 nitrogen and oxygen atoms in total. The standard InChI is InChI=1S/C28H26Br2N2O3S/c1-4-32-27(33)25(36-28(32)31-22-12-6-18(3)7-13-22)16-20-14-23(30)26(24(15-20)34-5-2)35-17-19-8-10-21(29)11-9-19/h6-16H,4-5,17H2,1-3H3/b25-16+,31-28?. The lowest BCUT2D eigenvalue weighted by Gasteiger charge is -2.15. The van der Waals surface area contributed by atoms with Gasteiger partial charge in [0.25, 0.3) is 5.91 Å². The first-order chi connectivity index (χ1) is 17.4. The molecule has 1 aliphatic rings. The third kappa shape index (κ3) is 6.41. The van der Waals surface area contributed by atoms with Crippen molar-refractivity contribution >= 4 is 66.5 Å². The van der Waals surface area contributed by atoms with Gasteiger partial charge in [0.2, 0.25) is 0 Å². The van der Waals surface area contributed by atoms with Gasteiger partial charge in [0, 0.05) is 11.0 Å². The Bertz CT molecular complexity index is 1310. The van der Waals surface area contributed by atoms with E-state index >= 15 is 0 Å². The van der Waals surface area contributed by atoms with E-state index in [1.54, 1.807) is 4.90 Å². The third-order valence-corrected chi connectivity index (χ3v) is 7.51. The molecule has 3 aromatic carbocycles. The number of halogens is 2. The van der Waals surface area contributed by atoms with E-state index in [4.69, 9.17) is 14.5 Å². The van der Waals surface area contributed by atoms with Crippen molar-refractivity contribution in [3.8, 4) is 11.5 Å². The highest BCUT2D eigenvalue weighted by molar-refractivity contribution is 9.10. The van der Waals surface area contributed by atoms with Crippen molar-refractivity contribution in [2.24, 2.45) is 4.99 Å². The molecule has 8 heteroatoms. The number of ether oxygens (including phenoxy) is 2. The molecule has 186 valence electrons. The van der Waals surface area contributed by atoms with Crippen LogP contribution < -0.4 is 9.47 Å². The van der Waals surface area contributed by atoms with Crippen LogP contribution in [0.15, 0.2) is 79.5 Å². The SMILES string of the molecule is CCOc1cc(/C=C2/SC(=Nc3ccc(C)cc3)N(CC)C2=O)cc(Br)c1OCc1ccc(Br)cc1. The number of thioether (sulfide) groups is 1. The van der Waals surface area contributed by atoms with Crippen LogP contribution in [0.25, 0.3) is 6.08 Å². The molecule has 3 aromatic rings. The summed E-state index contributed by atoms with van der Waals surface area (Å²) in [5.74, 6) is 1.19. The first kappa shape index (κ1) is 26.5. The molecule has 1 amide bonds. The third-order valence-electron chi connectivity index (χ3n) is 5.39. The van der Waals surface area contributed by atoms with Gasteiger partial charge in [0.05, 0.1) is 21.7 Å². The maximum absolute atomic E-state index is 13.1. The summed E-state index contributed by atoms with van der Waals surface area (Å²) in [5, 5.41) is 0.677. The highest BCUT2D eigenvalue weighted by Gasteiger charge is 2.32. The van der Waals surface area contributed by atoms with Crippen LogP contribution >= 0.6 is 43.6 Å². The molecule has 0 unspecified atom stereocenters. The van der Waals surface area contributed by atoms with Crippen molar-refractivity contribution in [1.29, 1.82) is 0 Å². The number of carbonyl (C=O) groups excluding carboxylic acids is 1. The molecule has 0 radical (unpaired) electrons. The van der Waals surface area contributed by atoms with Crippen LogP contribution in [-0.2, 0) is 11.4 Å². The Kier molecular flexibility index (Phi) is 8.93. The van der Waals surface area contributed by atoms with E-state index in [9.17, 15) is 4.79 Å². The quantitative estimate of drug-likeness (QED) is 0.236. The largest absolute Gasteiger partial charge is 0.490 e. The number of carbonyl (C=O) groups is 1. The van der Waals surface area contributed by atoms with Crippen molar-refractivity contribution in [2.45, 2.75) is 27.4 Å². The molecule has 0 N–H and O–H groups in total. The van der Waals surface area contributed by atoms with Crippen LogP contribution in [0.5, 0.6) is 11.5 Å². The van der Waals surface area contributed by atoms with Crippen LogP contribution in [0.4, 0.5) is 5.69 Å². The van der Waals surface area contributed by atoms with Crippen molar-refractivity contribution in [1.82, 2.24) is 4.90 Å². The summed E-state index contributed by atoms with van der Waals surface area (Å²) >= 11 is 8.47. The van der Waals surface area contributed by atoms with E-state index in [1.165, 1.54) is 17.3 Å². The fourth-order valence-corrected chi connectivity index (χ4v) is 5.46. The smallest absolute Gasteiger partial charge is 0.266 e. The van der Waals surface area contributed by atoms with Crippen LogP contribution in [-0.4, -0.2) is 29.1 Å². The molecule has 0 aromatic heterocycles. The molecular weight excluding hydrogens is 604 g/mol. The second-order valence-electron chi connectivity index (χ2n) is 8.07. The summed E-state index contributed by atoms with van der Waals surface area (Å²) in [6.07, 6.45) is 1.87. The van der Waals surface area contributed by atoms with Gasteiger partial charge in [-0.3, -0.25) is 9.69 Å². The summed E-state index contributed by atoms with van der Waals surface area (Å²) in [6.45, 7) is 7.37. The Morgan fingerprint density at radius 2 is 1.72 bits per heavy atom. The molecule has 1 aliphatic heterocycles. The molecule has 0 aliphatic carbocycles. The van der Waals surface area contributed by atoms with Gasteiger partial charge in [-0.2, -0.15) is 0 Å². The number of amides is 1. The number of hydrogen-bond acceptors (Lipinski definition) is 5. The first-order valence-electron chi connectivity index (χ1n) is 11.6. The Balaban J connectivity index is 1.60. The number of rotatable bonds is 8. The number of aliphatic imine (C=N–C) groups is 1. The Hall–Kier alpha value is -2.55. The normalized spacial score (nSPS) is 15.7. The minimum Gasteiger partial charge on any atom is -0.490 e. The lowest BCUT2D eigenvalue weighted by atomic mass is 10.1. The molecule has 1 fully saturated rings. The molecule has 0 bridgehead atoms. The summed E-state index contributed by atoms with van der Waals surface area (Å²) in [7, 11) is 0. The van der Waals surface area contributed by atoms with Crippen molar-refractivity contribution in [3.63, 3.8) is 0 Å². The van der Waals surface area contributed by atoms with Crippen molar-refractivity contribution in [3.05, 3.63) is 91.2 Å². The van der Waals surface area contributed by atoms with Gasteiger partial charge in [-0.05, 0) is 102 Å². The maximum atomic E-state index is 13.1. The minimum atomic E-state index is -0.0574. The lowest BCUT2D eigenvalue weighted by molar-refractivity contribution is -0.122. The van der Waals surface area contributed by atoms with E-state index in [-0.39, 0.29) is 5.91 Å². The molecular formula is C28H26Br2N2O3S. The number of aryl methyl sites for hydroxylation is 1. The summed E-state index contributed by atoms with van der Waals surface area (Å²) < 4.78 is 13.8. The Morgan fingerprint density at radius 1 is 1.00 bits per heavy atom. The maximum Gasteiger partial charge on any atom is 0.266 e. The fourth-order valence-electron chi connectivity index (χ4n) is 3.56. The molecule has 36 heavy (non-hydrogen) atoms. The van der Waals surface area contributed by atoms with Crippen LogP contribution in [0.3, 0.4) is 0 Å². The number of amidine groups is 1. The van der Waals surface area contributed by atoms with Gasteiger partial charge in [-0.25, -0.2) is 4.99 Å². The van der Waals surface area contributed by atoms with Gasteiger partial charge in [-0.15, -0.1) is 0 Å². The monoisotopic (exact) mass is 628 g/mol. The number of nitrogens with zero attached hydrogens (tertiary/aromatic N) is 2. The number of hydrogen-bond donors (Lipinski definition) is 0. The molecule has 4 rings (SSSR count). The summed E-state index contributed by atoms with van der Waals surface area (Å²) in [4.78, 5) is 20.2. The minimum absolute atomic E-state index is 0.0574. The Morgan fingerprint density at radius 3 is 2.39 bits per heavy atom. The zero-order valence-electron chi connectivity index (χ0n) is 20.3. The van der Waals surface area contributed by atoms with Gasteiger partial charge in [0.15, 0.2) is 16.7 Å². The second kappa shape index (κ2) is 12.1. The summed E-state index contributed by atoms with van der Waals surface area (Å²) in [6, 6.07) is 19.8. The lowest BCUT2D eigenvalue weighted by Crippen LogP contribution is -2.28. The van der Waals surface area contributed by atoms with Gasteiger partial charge >= 0.3 is 0 Å². The van der Waals surface area contributed by atoms with Gasteiger partial charge in [-0.1, -0.05) is 45.8 Å². The summed E-state index contributed by atoms with van der Waals surface area (Å²) in [5.41, 5.74) is 3.88. The van der Waals surface area contributed by atoms with Gasteiger partial charge in [0.1, 0.15) is 6.61 Å². The van der Waals surface area contributed by atoms with Crippen LogP contribution in [0.2, 0.25) is 0 Å². The van der Waals surface area contributed by atoms with E-state index in [1.807, 2.05) is 87.5 Å². The highest BCUT2D eigenvalue weighted by Crippen LogP contribution is 2.40. The fraction of sp³-hybridized carbons (Fsp3) is 0.214. The molecule has 1 saturated heterocycles. The van der Waals surface area contributed by atoms with E-state index in [0.29, 0.717) is 41.3 Å². The van der Waals surface area contributed by atoms with Crippen LogP contribution in [0.1, 0.15) is 30.5 Å². The molecule has 0 atom stereocenters. The molecule has 0 saturated carbocycles. The van der Waals surface area contributed by atoms with Crippen molar-refractivity contribution in [2.75, 3.05) is 13.2 Å². The topological polar surface area (TPSA) is 51.1 Å². The van der Waals surface area contributed by atoms with E-state index in [0.717, 1.165) is 25.8 Å². The van der Waals surface area contributed by atoms with Gasteiger partial charge < -0.3 is 9.47 Å². The van der Waals surface area contributed by atoms with E-state index < -0.39 is 0 Å². The first-order valence-corrected chi connectivity index (χ1v) is 14.0. The highest BCUT2D eigenvalue weighted by atomic mass is 79.9. The number of likely N-dealkylation sites (N-methyl/N-ethyl adjacent to an activating group) is 1. The molecule has 1 heterocycles. The zero-order chi connectivity index (χ0) is 25.7. The van der Waals surface area contributed by atoms with Crippen LogP contribution in [0, 0.1) is 6.92 Å². The average molecular weight is 630 g/mol. The Labute approximate surface area is 232 Å². The average Bonchev–Trinajstić information content (AvgIpc) is 3.14. The predicted octanol–water partition coefficient (Wildman–Crippen LogP) is 8.12.